The number of carbonyl (C=O) groups is 2. The van der Waals surface area contributed by atoms with Crippen LogP contribution in [0.25, 0.3) is 11.8 Å². The number of phenolic OH excluding ortho intramolecular Hbond substituents is 1. The molecule has 5 rings (SSSR count). The number of aliphatic hydroxyl groups is 3. The molecule has 8 nitrogen and oxygen atoms in total. The molecule has 4 unspecified atom stereocenters. The summed E-state index contributed by atoms with van der Waals surface area (Å²) in [7, 11) is 3.41. The molecule has 2 saturated carbocycles. The molecule has 1 amide bonds. The normalized spacial score (nSPS) is 30.5. The second kappa shape index (κ2) is 7.71. The number of aliphatic hydroxyl groups excluding tert-OH is 2. The Morgan fingerprint density at radius 2 is 1.91 bits per heavy atom. The minimum Gasteiger partial charge on any atom is -0.510 e. The molecule has 2 fully saturated rings. The number of phenols is 1. The number of carbonyl (C=O) groups excluding carboxylic acids is 2. The van der Waals surface area contributed by atoms with Gasteiger partial charge >= 0.3 is 0 Å². The van der Waals surface area contributed by atoms with E-state index in [1.165, 1.54) is 11.6 Å². The summed E-state index contributed by atoms with van der Waals surface area (Å²) in [5.41, 5.74) is 6.56. The van der Waals surface area contributed by atoms with E-state index in [-0.39, 0.29) is 34.0 Å². The summed E-state index contributed by atoms with van der Waals surface area (Å²) < 4.78 is 0. The summed E-state index contributed by atoms with van der Waals surface area (Å²) in [5.74, 6) is -3.36. The number of allylic oxidation sites excluding steroid dienone is 1. The molecule has 8 heteroatoms. The molecule has 0 radical (unpaired) electrons. The summed E-state index contributed by atoms with van der Waals surface area (Å²) in [6, 6.07) is 2.56. The number of rotatable bonds is 3. The van der Waals surface area contributed by atoms with E-state index in [0.29, 0.717) is 12.8 Å². The Kier molecular flexibility index (Phi) is 5.15. The van der Waals surface area contributed by atoms with Gasteiger partial charge in [-0.25, -0.2) is 0 Å². The third-order valence-electron chi connectivity index (χ3n) is 8.09. The highest BCUT2D eigenvalue weighted by atomic mass is 16.3. The first-order valence-electron chi connectivity index (χ1n) is 11.7. The average Bonchev–Trinajstić information content (AvgIpc) is 2.72. The first-order valence-corrected chi connectivity index (χ1v) is 11.7. The summed E-state index contributed by atoms with van der Waals surface area (Å²) in [5, 5.41) is 44.3. The van der Waals surface area contributed by atoms with Gasteiger partial charge in [0.1, 0.15) is 22.9 Å². The topological polar surface area (TPSA) is 144 Å². The number of hydrogen-bond donors (Lipinski definition) is 5. The van der Waals surface area contributed by atoms with Crippen LogP contribution in [0.5, 0.6) is 5.75 Å². The molecule has 0 heterocycles. The maximum absolute atomic E-state index is 13.8. The van der Waals surface area contributed by atoms with E-state index in [0.717, 1.165) is 30.4 Å². The minimum atomic E-state index is -2.01. The molecule has 4 aliphatic carbocycles. The monoisotopic (exact) mass is 466 g/mol. The van der Waals surface area contributed by atoms with Gasteiger partial charge in [-0.2, -0.15) is 0 Å². The zero-order valence-electron chi connectivity index (χ0n) is 19.3. The van der Waals surface area contributed by atoms with Crippen LogP contribution >= 0.6 is 0 Å². The average molecular weight is 467 g/mol. The molecule has 0 aliphatic heterocycles. The maximum Gasteiger partial charge on any atom is 0.248 e. The van der Waals surface area contributed by atoms with Crippen LogP contribution in [0, 0.1) is 11.8 Å². The smallest absolute Gasteiger partial charge is 0.248 e. The maximum atomic E-state index is 13.8. The molecule has 1 aromatic rings. The highest BCUT2D eigenvalue weighted by molar-refractivity contribution is 6.10. The summed E-state index contributed by atoms with van der Waals surface area (Å²) >= 11 is 0. The van der Waals surface area contributed by atoms with E-state index in [1.54, 1.807) is 19.0 Å². The lowest BCUT2D eigenvalue weighted by atomic mass is 9.57. The SMILES string of the molecule is CN(C)C1C(O)=C(C(N)=O)CC2(O)C(=O)C3=C(O)c4c(O)ccc(C=C5CCC5)c4CC3CC12. The number of ketones is 1. The van der Waals surface area contributed by atoms with Crippen LogP contribution in [0.3, 0.4) is 0 Å². The van der Waals surface area contributed by atoms with Gasteiger partial charge in [0.25, 0.3) is 0 Å². The number of fused-ring (bicyclic) bond motifs is 3. The predicted molar refractivity (Wildman–Crippen MR) is 126 cm³/mol. The van der Waals surface area contributed by atoms with Crippen molar-refractivity contribution < 1.29 is 30.0 Å². The summed E-state index contributed by atoms with van der Waals surface area (Å²) in [6.07, 6.45) is 5.60. The van der Waals surface area contributed by atoms with Crippen molar-refractivity contribution in [2.45, 2.75) is 50.2 Å². The molecule has 0 spiro atoms. The van der Waals surface area contributed by atoms with E-state index in [4.69, 9.17) is 5.73 Å². The largest absolute Gasteiger partial charge is 0.510 e. The summed E-state index contributed by atoms with van der Waals surface area (Å²) in [4.78, 5) is 27.5. The Bertz CT molecular complexity index is 1200. The van der Waals surface area contributed by atoms with E-state index in [9.17, 15) is 30.0 Å². The van der Waals surface area contributed by atoms with Crippen molar-refractivity contribution >= 4 is 23.5 Å². The Balaban J connectivity index is 1.66. The Labute approximate surface area is 197 Å². The highest BCUT2D eigenvalue weighted by Gasteiger charge is 2.60. The van der Waals surface area contributed by atoms with Crippen LogP contribution in [0.4, 0.5) is 0 Å². The van der Waals surface area contributed by atoms with Gasteiger partial charge in [-0.15, -0.1) is 0 Å². The fraction of sp³-hybridized carbons (Fsp3) is 0.462. The second-order valence-electron chi connectivity index (χ2n) is 10.3. The number of aromatic hydroxyl groups is 1. The predicted octanol–water partition coefficient (Wildman–Crippen LogP) is 2.35. The van der Waals surface area contributed by atoms with Crippen molar-refractivity contribution in [3.05, 3.63) is 51.3 Å². The third kappa shape index (κ3) is 3.12. The minimum absolute atomic E-state index is 0.0673. The van der Waals surface area contributed by atoms with Gasteiger partial charge in [0.05, 0.1) is 17.2 Å². The molecular weight excluding hydrogens is 436 g/mol. The zero-order valence-corrected chi connectivity index (χ0v) is 19.3. The highest BCUT2D eigenvalue weighted by Crippen LogP contribution is 2.53. The Morgan fingerprint density at radius 1 is 1.21 bits per heavy atom. The molecule has 1 aromatic carbocycles. The molecule has 4 atom stereocenters. The van der Waals surface area contributed by atoms with Gasteiger partial charge in [0.2, 0.25) is 5.91 Å². The van der Waals surface area contributed by atoms with E-state index < -0.39 is 41.6 Å². The van der Waals surface area contributed by atoms with Crippen LogP contribution in [-0.4, -0.2) is 62.8 Å². The van der Waals surface area contributed by atoms with Crippen molar-refractivity contribution in [2.24, 2.45) is 17.6 Å². The van der Waals surface area contributed by atoms with Crippen LogP contribution in [0.2, 0.25) is 0 Å². The number of primary amides is 1. The lowest BCUT2D eigenvalue weighted by Crippen LogP contribution is -2.62. The molecule has 180 valence electrons. The Hall–Kier alpha value is -3.10. The third-order valence-corrected chi connectivity index (χ3v) is 8.09. The number of amides is 1. The van der Waals surface area contributed by atoms with E-state index in [2.05, 4.69) is 6.08 Å². The number of hydrogen-bond acceptors (Lipinski definition) is 7. The molecule has 0 aromatic heterocycles. The zero-order chi connectivity index (χ0) is 24.5. The first kappa shape index (κ1) is 22.7. The van der Waals surface area contributed by atoms with Crippen LogP contribution < -0.4 is 5.73 Å². The van der Waals surface area contributed by atoms with Crippen LogP contribution in [0.1, 0.15) is 48.8 Å². The quantitative estimate of drug-likeness (QED) is 0.460. The fourth-order valence-corrected chi connectivity index (χ4v) is 6.24. The Morgan fingerprint density at radius 3 is 2.50 bits per heavy atom. The van der Waals surface area contributed by atoms with Gasteiger partial charge in [-0.3, -0.25) is 14.5 Å². The van der Waals surface area contributed by atoms with E-state index >= 15 is 0 Å². The van der Waals surface area contributed by atoms with Gasteiger partial charge in [-0.05, 0) is 69.3 Å². The number of nitrogens with zero attached hydrogens (tertiary/aromatic N) is 1. The van der Waals surface area contributed by atoms with Crippen molar-refractivity contribution in [2.75, 3.05) is 14.1 Å². The number of benzene rings is 1. The first-order chi connectivity index (χ1) is 16.0. The molecule has 0 bridgehead atoms. The van der Waals surface area contributed by atoms with Gasteiger partial charge in [-0.1, -0.05) is 17.7 Å². The second-order valence-corrected chi connectivity index (χ2v) is 10.3. The van der Waals surface area contributed by atoms with Crippen molar-refractivity contribution in [3.8, 4) is 5.75 Å². The van der Waals surface area contributed by atoms with Crippen molar-refractivity contribution in [1.82, 2.24) is 4.90 Å². The molecular formula is C26H30N2O6. The van der Waals surface area contributed by atoms with Gasteiger partial charge in [0, 0.05) is 17.9 Å². The summed E-state index contributed by atoms with van der Waals surface area (Å²) in [6.45, 7) is 0. The number of Topliss-reactive ketones (excluding diaryl/α,β-unsaturated/α-hetero) is 1. The van der Waals surface area contributed by atoms with Crippen molar-refractivity contribution in [1.29, 1.82) is 0 Å². The van der Waals surface area contributed by atoms with Crippen LogP contribution in [-0.2, 0) is 16.0 Å². The lowest BCUT2D eigenvalue weighted by molar-refractivity contribution is -0.151. The molecule has 6 N–H and O–H groups in total. The molecule has 4 aliphatic rings. The van der Waals surface area contributed by atoms with Crippen molar-refractivity contribution in [3.63, 3.8) is 0 Å². The molecule has 0 saturated heterocycles. The van der Waals surface area contributed by atoms with Gasteiger partial charge < -0.3 is 26.2 Å². The van der Waals surface area contributed by atoms with E-state index in [1.807, 2.05) is 6.07 Å². The van der Waals surface area contributed by atoms with Gasteiger partial charge in [0.15, 0.2) is 5.78 Å². The van der Waals surface area contributed by atoms with Crippen LogP contribution in [0.15, 0.2) is 34.6 Å². The lowest BCUT2D eigenvalue weighted by Gasteiger charge is -2.51. The number of likely N-dealkylation sites (N-methyl/N-ethyl adjacent to an activating group) is 1. The number of nitrogens with two attached hydrogens (primary N) is 1. The molecule has 34 heavy (non-hydrogen) atoms. The fourth-order valence-electron chi connectivity index (χ4n) is 6.24. The standard InChI is InChI=1S/C26H30N2O6/c1-28(2)21-17-10-14-9-15-13(8-12-4-3-5-12)6-7-18(29)20(15)23(31)19(14)24(32)26(17,34)11-16(22(21)30)25(27)33/h6-8,14,17,21,29-31,34H,3-5,9-11H2,1-2H3,(H2,27,33).